The first-order valence-corrected chi connectivity index (χ1v) is 5.32. The third-order valence-corrected chi connectivity index (χ3v) is 2.15. The molecular formula is C11H19IN4O. The summed E-state index contributed by atoms with van der Waals surface area (Å²) < 4.78 is 0. The fourth-order valence-corrected chi connectivity index (χ4v) is 0.996. The van der Waals surface area contributed by atoms with Crippen molar-refractivity contribution in [2.45, 2.75) is 18.9 Å². The van der Waals surface area contributed by atoms with Crippen LogP contribution in [0.25, 0.3) is 0 Å². The highest BCUT2D eigenvalue weighted by atomic mass is 127. The second kappa shape index (κ2) is 8.17. The Kier molecular flexibility index (Phi) is 7.70. The number of rotatable bonds is 4. The van der Waals surface area contributed by atoms with Crippen LogP contribution in [0.1, 0.15) is 12.8 Å². The zero-order chi connectivity index (χ0) is 12.0. The van der Waals surface area contributed by atoms with Gasteiger partial charge in [-0.2, -0.15) is 0 Å². The van der Waals surface area contributed by atoms with Crippen molar-refractivity contribution < 1.29 is 4.79 Å². The summed E-state index contributed by atoms with van der Waals surface area (Å²) in [6.07, 6.45) is 7.46. The molecule has 0 spiro atoms. The Morgan fingerprint density at radius 3 is 2.65 bits per heavy atom. The largest absolute Gasteiger partial charge is 0.354 e. The molecule has 0 aliphatic heterocycles. The van der Waals surface area contributed by atoms with Crippen LogP contribution in [0.15, 0.2) is 4.99 Å². The number of likely N-dealkylation sites (N-methyl/N-ethyl adjacent to an activating group) is 1. The molecule has 0 bridgehead atoms. The smallest absolute Gasteiger partial charge is 0.243 e. The van der Waals surface area contributed by atoms with Gasteiger partial charge in [0.05, 0.1) is 6.54 Å². The van der Waals surface area contributed by atoms with Crippen molar-refractivity contribution in [1.82, 2.24) is 15.5 Å². The Bertz CT molecular complexity index is 318. The van der Waals surface area contributed by atoms with Crippen molar-refractivity contribution in [1.29, 1.82) is 0 Å². The Balaban J connectivity index is 0.00000256. The van der Waals surface area contributed by atoms with Crippen LogP contribution in [0.2, 0.25) is 0 Å². The maximum Gasteiger partial charge on any atom is 0.243 e. The predicted octanol–water partition coefficient (Wildman–Crippen LogP) is 0.0234. The molecule has 0 aromatic carbocycles. The minimum Gasteiger partial charge on any atom is -0.354 e. The Morgan fingerprint density at radius 2 is 2.18 bits per heavy atom. The summed E-state index contributed by atoms with van der Waals surface area (Å²) in [7, 11) is 3.42. The topological polar surface area (TPSA) is 56.7 Å². The lowest BCUT2D eigenvalue weighted by Crippen LogP contribution is -2.39. The maximum absolute atomic E-state index is 11.3. The molecule has 96 valence electrons. The quantitative estimate of drug-likeness (QED) is 0.325. The minimum absolute atomic E-state index is 0. The van der Waals surface area contributed by atoms with Gasteiger partial charge in [0.1, 0.15) is 6.54 Å². The Morgan fingerprint density at radius 1 is 1.53 bits per heavy atom. The highest BCUT2D eigenvalue weighted by molar-refractivity contribution is 14.0. The zero-order valence-corrected chi connectivity index (χ0v) is 12.5. The first kappa shape index (κ1) is 16.0. The molecule has 5 nitrogen and oxygen atoms in total. The molecule has 1 aliphatic rings. The molecule has 0 saturated heterocycles. The van der Waals surface area contributed by atoms with Crippen LogP contribution in [0.4, 0.5) is 0 Å². The van der Waals surface area contributed by atoms with Crippen LogP contribution in [-0.2, 0) is 4.79 Å². The third kappa shape index (κ3) is 7.05. The Hall–Kier alpha value is -0.970. The van der Waals surface area contributed by atoms with Crippen LogP contribution in [0, 0.1) is 12.3 Å². The first-order chi connectivity index (χ1) is 7.63. The van der Waals surface area contributed by atoms with Crippen LogP contribution in [0.3, 0.4) is 0 Å². The van der Waals surface area contributed by atoms with Crippen LogP contribution in [0.5, 0.6) is 0 Å². The number of nitrogens with one attached hydrogen (secondary N) is 2. The molecule has 1 rings (SSSR count). The molecule has 0 radical (unpaired) electrons. The number of terminal acetylenes is 1. The average molecular weight is 350 g/mol. The molecule has 1 aliphatic carbocycles. The molecule has 0 atom stereocenters. The maximum atomic E-state index is 11.3. The fraction of sp³-hybridized carbons (Fsp3) is 0.636. The third-order valence-electron chi connectivity index (χ3n) is 2.15. The van der Waals surface area contributed by atoms with Crippen molar-refractivity contribution in [3.63, 3.8) is 0 Å². The standard InChI is InChI=1S/C11H18N4O.HI/c1-4-7-12-11(14-9-5-6-9)13-8-10(16)15(2)3;/h1,9H,5-8H2,2-3H3,(H2,12,13,14);1H. The lowest BCUT2D eigenvalue weighted by atomic mass is 10.5. The van der Waals surface area contributed by atoms with Gasteiger partial charge in [0, 0.05) is 20.1 Å². The molecule has 1 amide bonds. The van der Waals surface area contributed by atoms with Gasteiger partial charge in [0.2, 0.25) is 5.91 Å². The molecule has 0 unspecified atom stereocenters. The van der Waals surface area contributed by atoms with Gasteiger partial charge in [-0.25, -0.2) is 4.99 Å². The van der Waals surface area contributed by atoms with E-state index in [4.69, 9.17) is 6.42 Å². The summed E-state index contributed by atoms with van der Waals surface area (Å²) in [6, 6.07) is 0.485. The number of nitrogens with zero attached hydrogens (tertiary/aromatic N) is 2. The summed E-state index contributed by atoms with van der Waals surface area (Å²) in [6.45, 7) is 0.550. The van der Waals surface area contributed by atoms with E-state index >= 15 is 0 Å². The molecule has 0 heterocycles. The highest BCUT2D eigenvalue weighted by Gasteiger charge is 2.22. The fourth-order valence-electron chi connectivity index (χ4n) is 0.996. The van der Waals surface area contributed by atoms with Gasteiger partial charge < -0.3 is 15.5 Å². The van der Waals surface area contributed by atoms with Gasteiger partial charge in [0.15, 0.2) is 5.96 Å². The van der Waals surface area contributed by atoms with E-state index in [2.05, 4.69) is 21.5 Å². The van der Waals surface area contributed by atoms with E-state index in [1.54, 1.807) is 14.1 Å². The van der Waals surface area contributed by atoms with E-state index in [1.165, 1.54) is 4.90 Å². The first-order valence-electron chi connectivity index (χ1n) is 5.32. The van der Waals surface area contributed by atoms with Gasteiger partial charge >= 0.3 is 0 Å². The van der Waals surface area contributed by atoms with E-state index in [-0.39, 0.29) is 36.4 Å². The van der Waals surface area contributed by atoms with Crippen molar-refractivity contribution in [2.24, 2.45) is 4.99 Å². The monoisotopic (exact) mass is 350 g/mol. The second-order valence-corrected chi connectivity index (χ2v) is 3.93. The van der Waals surface area contributed by atoms with Gasteiger partial charge in [-0.3, -0.25) is 4.79 Å². The van der Waals surface area contributed by atoms with E-state index < -0.39 is 0 Å². The van der Waals surface area contributed by atoms with Gasteiger partial charge in [-0.05, 0) is 12.8 Å². The lowest BCUT2D eigenvalue weighted by Gasteiger charge is -2.11. The van der Waals surface area contributed by atoms with E-state index in [0.29, 0.717) is 18.5 Å². The minimum atomic E-state index is -0.0300. The predicted molar refractivity (Wildman–Crippen MR) is 79.4 cm³/mol. The number of carbonyl (C=O) groups is 1. The molecule has 0 aromatic rings. The highest BCUT2D eigenvalue weighted by Crippen LogP contribution is 2.18. The molecular weight excluding hydrogens is 331 g/mol. The van der Waals surface area contributed by atoms with Crippen molar-refractivity contribution in [2.75, 3.05) is 27.2 Å². The van der Waals surface area contributed by atoms with Crippen LogP contribution < -0.4 is 10.6 Å². The molecule has 17 heavy (non-hydrogen) atoms. The number of halogens is 1. The number of carbonyl (C=O) groups excluding carboxylic acids is 1. The molecule has 0 aromatic heterocycles. The molecule has 1 fully saturated rings. The van der Waals surface area contributed by atoms with Gasteiger partial charge in [-0.15, -0.1) is 30.4 Å². The Labute approximate surface area is 119 Å². The normalized spacial score (nSPS) is 14.3. The second-order valence-electron chi connectivity index (χ2n) is 3.93. The van der Waals surface area contributed by atoms with E-state index in [9.17, 15) is 4.79 Å². The van der Waals surface area contributed by atoms with Crippen molar-refractivity contribution >= 4 is 35.8 Å². The summed E-state index contributed by atoms with van der Waals surface area (Å²) in [5, 5.41) is 6.16. The zero-order valence-electron chi connectivity index (χ0n) is 10.2. The summed E-state index contributed by atoms with van der Waals surface area (Å²) >= 11 is 0. The average Bonchev–Trinajstić information content (AvgIpc) is 3.05. The van der Waals surface area contributed by atoms with Crippen molar-refractivity contribution in [3.8, 4) is 12.3 Å². The van der Waals surface area contributed by atoms with Crippen LogP contribution >= 0.6 is 24.0 Å². The molecule has 1 saturated carbocycles. The SMILES string of the molecule is C#CCNC(=NCC(=O)N(C)C)NC1CC1.I. The van der Waals surface area contributed by atoms with Gasteiger partial charge in [-0.1, -0.05) is 5.92 Å². The summed E-state index contributed by atoms with van der Waals surface area (Å²) in [5.74, 6) is 3.07. The van der Waals surface area contributed by atoms with E-state index in [1.807, 2.05) is 0 Å². The number of guanidine groups is 1. The van der Waals surface area contributed by atoms with Crippen molar-refractivity contribution in [3.05, 3.63) is 0 Å². The van der Waals surface area contributed by atoms with Crippen LogP contribution in [-0.4, -0.2) is 50.0 Å². The number of hydrogen-bond donors (Lipinski definition) is 2. The number of amides is 1. The number of aliphatic imine (C=N–C) groups is 1. The summed E-state index contributed by atoms with van der Waals surface area (Å²) in [4.78, 5) is 17.0. The van der Waals surface area contributed by atoms with Gasteiger partial charge in [0.25, 0.3) is 0 Å². The molecule has 2 N–H and O–H groups in total. The summed E-state index contributed by atoms with van der Waals surface area (Å²) in [5.41, 5.74) is 0. The number of hydrogen-bond acceptors (Lipinski definition) is 2. The lowest BCUT2D eigenvalue weighted by molar-refractivity contribution is -0.127. The van der Waals surface area contributed by atoms with E-state index in [0.717, 1.165) is 12.8 Å². The molecule has 6 heteroatoms.